The number of carbonyl (C=O) groups is 2. The minimum Gasteiger partial charge on any atom is -0.484 e. The molecule has 0 aromatic heterocycles. The molecule has 0 aliphatic rings. The number of hydrogen-bond acceptors (Lipinski definition) is 4. The van der Waals surface area contributed by atoms with Gasteiger partial charge >= 0.3 is 0 Å². The smallest absolute Gasteiger partial charge is 0.276 e. The van der Waals surface area contributed by atoms with E-state index in [0.717, 1.165) is 5.56 Å². The van der Waals surface area contributed by atoms with Crippen molar-refractivity contribution in [2.24, 2.45) is 0 Å². The molecular formula is C17H16ClN3O3S. The summed E-state index contributed by atoms with van der Waals surface area (Å²) in [6.07, 6.45) is 0. The van der Waals surface area contributed by atoms with E-state index in [1.807, 2.05) is 25.1 Å². The number of carbonyl (C=O) groups excluding carboxylic acids is 2. The molecule has 0 aliphatic carbocycles. The maximum absolute atomic E-state index is 11.9. The Morgan fingerprint density at radius 1 is 1.12 bits per heavy atom. The average molecular weight is 378 g/mol. The van der Waals surface area contributed by atoms with Crippen molar-refractivity contribution in [1.82, 2.24) is 16.2 Å². The number of amides is 2. The summed E-state index contributed by atoms with van der Waals surface area (Å²) in [7, 11) is 0. The standard InChI is InChI=1S/C17H16ClN3O3S/c1-11-3-2-4-14(9-11)24-10-15(22)20-21-17(25)19-16(23)12-5-7-13(18)8-6-12/h2-9H,10H2,1H3,(H,20,22)(H2,19,21,23,25). The molecule has 3 N–H and O–H groups in total. The van der Waals surface area contributed by atoms with Crippen LogP contribution in [0, 0.1) is 6.92 Å². The Morgan fingerprint density at radius 3 is 2.52 bits per heavy atom. The molecule has 0 heterocycles. The number of aryl methyl sites for hydroxylation is 1. The lowest BCUT2D eigenvalue weighted by molar-refractivity contribution is -0.123. The highest BCUT2D eigenvalue weighted by atomic mass is 35.5. The Kier molecular flexibility index (Phi) is 6.73. The van der Waals surface area contributed by atoms with Crippen LogP contribution >= 0.6 is 23.8 Å². The van der Waals surface area contributed by atoms with E-state index in [2.05, 4.69) is 16.2 Å². The van der Waals surface area contributed by atoms with Crippen LogP contribution in [0.4, 0.5) is 0 Å². The number of thiocarbonyl (C=S) groups is 1. The van der Waals surface area contributed by atoms with E-state index < -0.39 is 11.8 Å². The molecule has 6 nitrogen and oxygen atoms in total. The van der Waals surface area contributed by atoms with Crippen molar-refractivity contribution >= 4 is 40.7 Å². The Balaban J connectivity index is 1.72. The molecule has 0 aliphatic heterocycles. The monoisotopic (exact) mass is 377 g/mol. The molecule has 0 saturated carbocycles. The predicted molar refractivity (Wildman–Crippen MR) is 99.5 cm³/mol. The van der Waals surface area contributed by atoms with Crippen molar-refractivity contribution < 1.29 is 14.3 Å². The van der Waals surface area contributed by atoms with E-state index in [1.54, 1.807) is 30.3 Å². The maximum Gasteiger partial charge on any atom is 0.276 e. The molecule has 2 amide bonds. The Labute approximate surface area is 155 Å². The largest absolute Gasteiger partial charge is 0.484 e. The van der Waals surface area contributed by atoms with Crippen LogP contribution in [0.3, 0.4) is 0 Å². The molecule has 0 saturated heterocycles. The molecule has 25 heavy (non-hydrogen) atoms. The first-order valence-corrected chi connectivity index (χ1v) is 8.08. The van der Waals surface area contributed by atoms with Crippen LogP contribution in [0.25, 0.3) is 0 Å². The van der Waals surface area contributed by atoms with Gasteiger partial charge in [-0.3, -0.25) is 25.8 Å². The molecule has 2 aromatic carbocycles. The SMILES string of the molecule is Cc1cccc(OCC(=O)NNC(=S)NC(=O)c2ccc(Cl)cc2)c1. The molecule has 0 spiro atoms. The highest BCUT2D eigenvalue weighted by Crippen LogP contribution is 2.12. The van der Waals surface area contributed by atoms with Crippen molar-refractivity contribution in [3.63, 3.8) is 0 Å². The maximum atomic E-state index is 11.9. The highest BCUT2D eigenvalue weighted by molar-refractivity contribution is 7.80. The third-order valence-electron chi connectivity index (χ3n) is 3.01. The fraction of sp³-hybridized carbons (Fsp3) is 0.118. The van der Waals surface area contributed by atoms with Crippen molar-refractivity contribution in [3.05, 3.63) is 64.7 Å². The van der Waals surface area contributed by atoms with Crippen LogP contribution in [0.1, 0.15) is 15.9 Å². The number of nitrogens with one attached hydrogen (secondary N) is 3. The number of benzene rings is 2. The van der Waals surface area contributed by atoms with Crippen molar-refractivity contribution in [2.45, 2.75) is 6.92 Å². The van der Waals surface area contributed by atoms with Gasteiger partial charge in [0, 0.05) is 10.6 Å². The number of hydrogen-bond donors (Lipinski definition) is 3. The van der Waals surface area contributed by atoms with Gasteiger partial charge in [0.25, 0.3) is 11.8 Å². The number of hydrazine groups is 1. The summed E-state index contributed by atoms with van der Waals surface area (Å²) in [5.74, 6) is -0.266. The fourth-order valence-corrected chi connectivity index (χ4v) is 2.09. The fourth-order valence-electron chi connectivity index (χ4n) is 1.82. The Bertz CT molecular complexity index is 781. The van der Waals surface area contributed by atoms with E-state index in [-0.39, 0.29) is 11.7 Å². The minimum absolute atomic E-state index is 0.0381. The van der Waals surface area contributed by atoms with Crippen molar-refractivity contribution in [1.29, 1.82) is 0 Å². The molecule has 0 fully saturated rings. The zero-order valence-electron chi connectivity index (χ0n) is 13.3. The van der Waals surface area contributed by atoms with E-state index >= 15 is 0 Å². The second-order valence-corrected chi connectivity index (χ2v) is 5.91. The molecule has 0 atom stereocenters. The van der Waals surface area contributed by atoms with Crippen LogP contribution in [-0.4, -0.2) is 23.5 Å². The van der Waals surface area contributed by atoms with Crippen LogP contribution < -0.4 is 20.9 Å². The topological polar surface area (TPSA) is 79.5 Å². The first-order valence-electron chi connectivity index (χ1n) is 7.29. The second kappa shape index (κ2) is 9.00. The first kappa shape index (κ1) is 18.7. The zero-order valence-corrected chi connectivity index (χ0v) is 14.9. The molecule has 0 radical (unpaired) electrons. The third-order valence-corrected chi connectivity index (χ3v) is 3.46. The van der Waals surface area contributed by atoms with Crippen molar-refractivity contribution in [2.75, 3.05) is 6.61 Å². The normalized spacial score (nSPS) is 9.84. The third kappa shape index (κ3) is 6.40. The lowest BCUT2D eigenvalue weighted by atomic mass is 10.2. The van der Waals surface area contributed by atoms with E-state index in [4.69, 9.17) is 28.6 Å². The second-order valence-electron chi connectivity index (χ2n) is 5.07. The van der Waals surface area contributed by atoms with Crippen LogP contribution in [0.15, 0.2) is 48.5 Å². The summed E-state index contributed by atoms with van der Waals surface area (Å²) < 4.78 is 5.35. The lowest BCUT2D eigenvalue weighted by Gasteiger charge is -2.11. The van der Waals surface area contributed by atoms with Gasteiger partial charge in [0.2, 0.25) is 0 Å². The van der Waals surface area contributed by atoms with Gasteiger partial charge in [-0.05, 0) is 61.1 Å². The summed E-state index contributed by atoms with van der Waals surface area (Å²) in [4.78, 5) is 23.6. The molecular weight excluding hydrogens is 362 g/mol. The van der Waals surface area contributed by atoms with Gasteiger partial charge in [0.05, 0.1) is 0 Å². The van der Waals surface area contributed by atoms with Crippen molar-refractivity contribution in [3.8, 4) is 5.75 Å². The van der Waals surface area contributed by atoms with E-state index in [9.17, 15) is 9.59 Å². The predicted octanol–water partition coefficient (Wildman–Crippen LogP) is 2.36. The minimum atomic E-state index is -0.440. The molecule has 2 rings (SSSR count). The zero-order chi connectivity index (χ0) is 18.2. The van der Waals surface area contributed by atoms with E-state index in [0.29, 0.717) is 16.3 Å². The van der Waals surface area contributed by atoms with Gasteiger partial charge in [-0.1, -0.05) is 23.7 Å². The average Bonchev–Trinajstić information content (AvgIpc) is 2.58. The summed E-state index contributed by atoms with van der Waals surface area (Å²) >= 11 is 10.7. The first-order chi connectivity index (χ1) is 11.9. The van der Waals surface area contributed by atoms with Gasteiger partial charge in [0.15, 0.2) is 11.7 Å². The van der Waals surface area contributed by atoms with Gasteiger partial charge in [-0.25, -0.2) is 0 Å². The molecule has 0 unspecified atom stereocenters. The van der Waals surface area contributed by atoms with Gasteiger partial charge < -0.3 is 4.74 Å². The van der Waals surface area contributed by atoms with Crippen LogP contribution in [0.2, 0.25) is 5.02 Å². The molecule has 8 heteroatoms. The van der Waals surface area contributed by atoms with Gasteiger partial charge in [0.1, 0.15) is 5.75 Å². The Hall–Kier alpha value is -2.64. The number of halogens is 1. The summed E-state index contributed by atoms with van der Waals surface area (Å²) in [6, 6.07) is 13.7. The van der Waals surface area contributed by atoms with Crippen LogP contribution in [0.5, 0.6) is 5.75 Å². The van der Waals surface area contributed by atoms with Gasteiger partial charge in [-0.15, -0.1) is 0 Å². The van der Waals surface area contributed by atoms with E-state index in [1.165, 1.54) is 0 Å². The molecule has 130 valence electrons. The summed E-state index contributed by atoms with van der Waals surface area (Å²) in [6.45, 7) is 1.74. The summed E-state index contributed by atoms with van der Waals surface area (Å²) in [5, 5.41) is 2.92. The van der Waals surface area contributed by atoms with Gasteiger partial charge in [-0.2, -0.15) is 0 Å². The molecule has 0 bridgehead atoms. The number of ether oxygens (including phenoxy) is 1. The van der Waals surface area contributed by atoms with Crippen LogP contribution in [-0.2, 0) is 4.79 Å². The highest BCUT2D eigenvalue weighted by Gasteiger charge is 2.09. The molecule has 2 aromatic rings. The number of rotatable bonds is 4. The quantitative estimate of drug-likeness (QED) is 0.563. The Morgan fingerprint density at radius 2 is 1.84 bits per heavy atom. The summed E-state index contributed by atoms with van der Waals surface area (Å²) in [5.41, 5.74) is 6.20. The lowest BCUT2D eigenvalue weighted by Crippen LogP contribution is -2.49.